The van der Waals surface area contributed by atoms with Crippen LogP contribution in [0.3, 0.4) is 0 Å². The van der Waals surface area contributed by atoms with Crippen molar-refractivity contribution in [3.63, 3.8) is 0 Å². The molecule has 0 aliphatic heterocycles. The average Bonchev–Trinajstić information content (AvgIpc) is 2.70. The van der Waals surface area contributed by atoms with Gasteiger partial charge in [-0.2, -0.15) is 0 Å². The Bertz CT molecular complexity index is 435. The van der Waals surface area contributed by atoms with E-state index in [1.807, 2.05) is 17.5 Å². The maximum absolute atomic E-state index is 9.30. The van der Waals surface area contributed by atoms with E-state index in [4.69, 9.17) is 4.42 Å². The van der Waals surface area contributed by atoms with Gasteiger partial charge in [-0.25, -0.2) is 4.98 Å². The summed E-state index contributed by atoms with van der Waals surface area (Å²) in [6, 6.07) is 3.65. The van der Waals surface area contributed by atoms with Gasteiger partial charge in [0.1, 0.15) is 16.8 Å². The number of rotatable bonds is 2. The van der Waals surface area contributed by atoms with E-state index in [1.165, 1.54) is 11.3 Å². The van der Waals surface area contributed by atoms with Crippen LogP contribution in [0, 0.1) is 0 Å². The van der Waals surface area contributed by atoms with Crippen molar-refractivity contribution in [1.29, 1.82) is 0 Å². The summed E-state index contributed by atoms with van der Waals surface area (Å²) in [6.07, 6.45) is -0.521. The number of aliphatic hydroxyl groups excluding tert-OH is 1. The Morgan fingerprint density at radius 2 is 2.36 bits per heavy atom. The van der Waals surface area contributed by atoms with Crippen molar-refractivity contribution < 1.29 is 9.52 Å². The van der Waals surface area contributed by atoms with Crippen LogP contribution in [0.25, 0.3) is 11.5 Å². The van der Waals surface area contributed by atoms with E-state index in [0.717, 1.165) is 5.69 Å². The molecule has 1 unspecified atom stereocenters. The Kier molecular flexibility index (Phi) is 2.71. The zero-order valence-corrected chi connectivity index (χ0v) is 9.80. The molecule has 0 bridgehead atoms. The molecule has 2 aromatic heterocycles. The van der Waals surface area contributed by atoms with E-state index in [1.54, 1.807) is 6.92 Å². The van der Waals surface area contributed by atoms with Crippen LogP contribution in [0.1, 0.15) is 18.0 Å². The number of thiazole rings is 1. The molecule has 0 aliphatic rings. The van der Waals surface area contributed by atoms with Gasteiger partial charge in [0.2, 0.25) is 0 Å². The lowest BCUT2D eigenvalue weighted by molar-refractivity contribution is 0.199. The van der Waals surface area contributed by atoms with Gasteiger partial charge in [-0.05, 0) is 35.0 Å². The summed E-state index contributed by atoms with van der Waals surface area (Å²) in [5.74, 6) is 0.708. The molecule has 3 nitrogen and oxygen atoms in total. The van der Waals surface area contributed by atoms with Gasteiger partial charge in [0.15, 0.2) is 10.4 Å². The highest BCUT2D eigenvalue weighted by Crippen LogP contribution is 2.28. The van der Waals surface area contributed by atoms with Gasteiger partial charge in [-0.15, -0.1) is 11.3 Å². The van der Waals surface area contributed by atoms with Crippen LogP contribution in [0.2, 0.25) is 0 Å². The minimum atomic E-state index is -0.521. The number of aliphatic hydroxyl groups is 1. The second-order valence-electron chi connectivity index (χ2n) is 2.85. The lowest BCUT2D eigenvalue weighted by atomic mass is 10.3. The number of furan rings is 1. The normalized spacial score (nSPS) is 13.1. The van der Waals surface area contributed by atoms with E-state index in [-0.39, 0.29) is 0 Å². The van der Waals surface area contributed by atoms with Crippen molar-refractivity contribution in [2.75, 3.05) is 0 Å². The van der Waals surface area contributed by atoms with Crippen LogP contribution in [-0.4, -0.2) is 10.1 Å². The number of nitrogens with zero attached hydrogens (tertiary/aromatic N) is 1. The van der Waals surface area contributed by atoms with Crippen molar-refractivity contribution in [2.45, 2.75) is 13.0 Å². The standard InChI is InChI=1S/C9H8BrNO2S/c1-5(12)9-11-6(4-14-9)7-2-3-8(10)13-7/h2-5,12H,1H3. The lowest BCUT2D eigenvalue weighted by Gasteiger charge is -1.95. The first-order chi connectivity index (χ1) is 6.66. The van der Waals surface area contributed by atoms with Gasteiger partial charge >= 0.3 is 0 Å². The molecule has 14 heavy (non-hydrogen) atoms. The van der Waals surface area contributed by atoms with E-state index in [9.17, 15) is 5.11 Å². The van der Waals surface area contributed by atoms with Gasteiger partial charge < -0.3 is 9.52 Å². The molecule has 0 spiro atoms. The van der Waals surface area contributed by atoms with Crippen LogP contribution in [0.15, 0.2) is 26.6 Å². The fraction of sp³-hybridized carbons (Fsp3) is 0.222. The van der Waals surface area contributed by atoms with Crippen LogP contribution in [0.5, 0.6) is 0 Å². The topological polar surface area (TPSA) is 46.3 Å². The van der Waals surface area contributed by atoms with Gasteiger partial charge in [-0.1, -0.05) is 0 Å². The first-order valence-electron chi connectivity index (χ1n) is 4.06. The Labute approximate surface area is 93.5 Å². The van der Waals surface area contributed by atoms with Crippen LogP contribution in [0.4, 0.5) is 0 Å². The minimum absolute atomic E-state index is 0.521. The van der Waals surface area contributed by atoms with Gasteiger partial charge in [0.05, 0.1) is 0 Å². The second kappa shape index (κ2) is 3.84. The van der Waals surface area contributed by atoms with Crippen LogP contribution >= 0.6 is 27.3 Å². The molecule has 0 amide bonds. The largest absolute Gasteiger partial charge is 0.448 e. The molecule has 2 heterocycles. The van der Waals surface area contributed by atoms with Crippen LogP contribution < -0.4 is 0 Å². The van der Waals surface area contributed by atoms with Gasteiger partial charge in [-0.3, -0.25) is 0 Å². The van der Waals surface area contributed by atoms with Crippen molar-refractivity contribution in [3.8, 4) is 11.5 Å². The Hall–Kier alpha value is -0.650. The zero-order valence-electron chi connectivity index (χ0n) is 7.40. The summed E-state index contributed by atoms with van der Waals surface area (Å²) in [6.45, 7) is 1.70. The SMILES string of the molecule is CC(O)c1nc(-c2ccc(Br)o2)cs1. The van der Waals surface area contributed by atoms with Crippen molar-refractivity contribution in [2.24, 2.45) is 0 Å². The van der Waals surface area contributed by atoms with E-state index in [2.05, 4.69) is 20.9 Å². The molecule has 0 saturated carbocycles. The minimum Gasteiger partial charge on any atom is -0.448 e. The van der Waals surface area contributed by atoms with Gasteiger partial charge in [0, 0.05) is 5.38 Å². The number of aromatic nitrogens is 1. The van der Waals surface area contributed by atoms with E-state index in [0.29, 0.717) is 15.4 Å². The highest BCUT2D eigenvalue weighted by Gasteiger charge is 2.10. The molecule has 1 N–H and O–H groups in total. The maximum atomic E-state index is 9.30. The molecule has 2 rings (SSSR count). The van der Waals surface area contributed by atoms with Gasteiger partial charge in [0.25, 0.3) is 0 Å². The first kappa shape index (κ1) is 9.89. The molecular weight excluding hydrogens is 266 g/mol. The summed E-state index contributed by atoms with van der Waals surface area (Å²) < 4.78 is 6.02. The predicted molar refractivity (Wildman–Crippen MR) is 58.1 cm³/mol. The Balaban J connectivity index is 2.33. The fourth-order valence-corrected chi connectivity index (χ4v) is 2.10. The third-order valence-electron chi connectivity index (χ3n) is 1.70. The predicted octanol–water partition coefficient (Wildman–Crippen LogP) is 3.22. The highest BCUT2D eigenvalue weighted by molar-refractivity contribution is 9.10. The average molecular weight is 274 g/mol. The molecule has 0 fully saturated rings. The smallest absolute Gasteiger partial charge is 0.169 e. The van der Waals surface area contributed by atoms with E-state index >= 15 is 0 Å². The quantitative estimate of drug-likeness (QED) is 0.914. The Morgan fingerprint density at radius 1 is 1.57 bits per heavy atom. The monoisotopic (exact) mass is 273 g/mol. The summed E-state index contributed by atoms with van der Waals surface area (Å²) in [5, 5.41) is 11.9. The molecule has 0 saturated heterocycles. The number of hydrogen-bond acceptors (Lipinski definition) is 4. The number of halogens is 1. The van der Waals surface area contributed by atoms with Crippen molar-refractivity contribution in [1.82, 2.24) is 4.98 Å². The fourth-order valence-electron chi connectivity index (χ4n) is 1.04. The molecule has 2 aromatic rings. The maximum Gasteiger partial charge on any atom is 0.169 e. The molecule has 0 aromatic carbocycles. The highest BCUT2D eigenvalue weighted by atomic mass is 79.9. The van der Waals surface area contributed by atoms with Crippen molar-refractivity contribution in [3.05, 3.63) is 27.2 Å². The summed E-state index contributed by atoms with van der Waals surface area (Å²) in [4.78, 5) is 4.25. The number of hydrogen-bond donors (Lipinski definition) is 1. The van der Waals surface area contributed by atoms with Crippen molar-refractivity contribution >= 4 is 27.3 Å². The summed E-state index contributed by atoms with van der Waals surface area (Å²) in [7, 11) is 0. The molecule has 0 radical (unpaired) electrons. The first-order valence-corrected chi connectivity index (χ1v) is 5.73. The molecule has 0 aliphatic carbocycles. The summed E-state index contributed by atoms with van der Waals surface area (Å²) in [5.41, 5.74) is 0.761. The second-order valence-corrected chi connectivity index (χ2v) is 4.52. The third kappa shape index (κ3) is 1.89. The van der Waals surface area contributed by atoms with E-state index < -0.39 is 6.10 Å². The molecule has 5 heteroatoms. The Morgan fingerprint density at radius 3 is 2.86 bits per heavy atom. The molecular formula is C9H8BrNO2S. The third-order valence-corrected chi connectivity index (χ3v) is 3.15. The molecule has 1 atom stereocenters. The lowest BCUT2D eigenvalue weighted by Crippen LogP contribution is -1.88. The molecule has 74 valence electrons. The summed E-state index contributed by atoms with van der Waals surface area (Å²) >= 11 is 4.65. The zero-order chi connectivity index (χ0) is 10.1. The van der Waals surface area contributed by atoms with Crippen LogP contribution in [-0.2, 0) is 0 Å².